The van der Waals surface area contributed by atoms with Crippen molar-refractivity contribution < 1.29 is 24.2 Å². The molecular weight excluding hydrogens is 334 g/mol. The van der Waals surface area contributed by atoms with E-state index in [0.29, 0.717) is 13.0 Å². The number of methoxy groups -OCH3 is 1. The van der Waals surface area contributed by atoms with Crippen molar-refractivity contribution in [2.24, 2.45) is 5.92 Å². The summed E-state index contributed by atoms with van der Waals surface area (Å²) in [5.41, 5.74) is 0.847. The first-order valence-corrected chi connectivity index (χ1v) is 8.79. The number of ether oxygens (including phenoxy) is 2. The maximum Gasteiger partial charge on any atom is 0.310 e. The van der Waals surface area contributed by atoms with Crippen molar-refractivity contribution in [2.75, 3.05) is 26.8 Å². The van der Waals surface area contributed by atoms with Crippen LogP contribution >= 0.6 is 0 Å². The van der Waals surface area contributed by atoms with Crippen LogP contribution in [0.2, 0.25) is 0 Å². The van der Waals surface area contributed by atoms with Crippen molar-refractivity contribution in [3.05, 3.63) is 35.9 Å². The van der Waals surface area contributed by atoms with Crippen LogP contribution in [0.15, 0.2) is 30.3 Å². The number of hydrogen-bond acceptors (Lipinski definition) is 5. The fourth-order valence-electron chi connectivity index (χ4n) is 2.40. The molecule has 0 spiro atoms. The molecule has 0 heterocycles. The lowest BCUT2D eigenvalue weighted by Gasteiger charge is -2.23. The maximum absolute atomic E-state index is 12.5. The molecule has 1 aromatic rings. The van der Waals surface area contributed by atoms with Crippen molar-refractivity contribution in [1.82, 2.24) is 4.90 Å². The Morgan fingerprint density at radius 1 is 1.27 bits per heavy atom. The standard InChI is InChI=1S/C20H29NO5/c1-15(2)26-18-8-5-7-17(13-18)9-10-19(23)21(11-6-12-22)14-16(3)20(24)25-4/h5,7-10,13,15-16,22H,6,11-12,14H2,1-4H3/b10-9+. The summed E-state index contributed by atoms with van der Waals surface area (Å²) < 4.78 is 10.4. The molecule has 1 amide bonds. The van der Waals surface area contributed by atoms with Crippen LogP contribution in [-0.4, -0.2) is 54.8 Å². The van der Waals surface area contributed by atoms with Crippen LogP contribution in [0.5, 0.6) is 5.75 Å². The summed E-state index contributed by atoms with van der Waals surface area (Å²) in [5, 5.41) is 9.04. The Labute approximate surface area is 155 Å². The molecule has 6 heteroatoms. The lowest BCUT2D eigenvalue weighted by atomic mass is 10.1. The van der Waals surface area contributed by atoms with Crippen LogP contribution in [0, 0.1) is 5.92 Å². The van der Waals surface area contributed by atoms with Crippen LogP contribution in [0.1, 0.15) is 32.8 Å². The molecule has 1 N–H and O–H groups in total. The third-order valence-electron chi connectivity index (χ3n) is 3.64. The van der Waals surface area contributed by atoms with Gasteiger partial charge in [0.2, 0.25) is 5.91 Å². The number of benzene rings is 1. The van der Waals surface area contributed by atoms with Gasteiger partial charge in [-0.15, -0.1) is 0 Å². The zero-order valence-electron chi connectivity index (χ0n) is 16.0. The van der Waals surface area contributed by atoms with Crippen LogP contribution in [0.3, 0.4) is 0 Å². The minimum absolute atomic E-state index is 0.0192. The number of carbonyl (C=O) groups is 2. The number of amides is 1. The molecule has 144 valence electrons. The second-order valence-electron chi connectivity index (χ2n) is 6.36. The van der Waals surface area contributed by atoms with Gasteiger partial charge in [-0.2, -0.15) is 0 Å². The van der Waals surface area contributed by atoms with Crippen molar-refractivity contribution in [1.29, 1.82) is 0 Å². The quantitative estimate of drug-likeness (QED) is 0.511. The van der Waals surface area contributed by atoms with Gasteiger partial charge in [0, 0.05) is 25.8 Å². The highest BCUT2D eigenvalue weighted by Gasteiger charge is 2.20. The fourth-order valence-corrected chi connectivity index (χ4v) is 2.40. The summed E-state index contributed by atoms with van der Waals surface area (Å²) in [7, 11) is 1.32. The third kappa shape index (κ3) is 7.70. The lowest BCUT2D eigenvalue weighted by Crippen LogP contribution is -2.37. The van der Waals surface area contributed by atoms with E-state index in [-0.39, 0.29) is 31.1 Å². The normalized spacial score (nSPS) is 12.2. The van der Waals surface area contributed by atoms with E-state index >= 15 is 0 Å². The predicted molar refractivity (Wildman–Crippen MR) is 101 cm³/mol. The molecule has 1 atom stereocenters. The molecule has 0 aromatic heterocycles. The molecule has 0 saturated heterocycles. The number of hydrogen-bond donors (Lipinski definition) is 1. The van der Waals surface area contributed by atoms with E-state index in [2.05, 4.69) is 0 Å². The van der Waals surface area contributed by atoms with E-state index in [9.17, 15) is 9.59 Å². The van der Waals surface area contributed by atoms with Gasteiger partial charge in [0.25, 0.3) is 0 Å². The molecule has 1 aromatic carbocycles. The molecule has 0 radical (unpaired) electrons. The average Bonchev–Trinajstić information content (AvgIpc) is 2.61. The topological polar surface area (TPSA) is 76.1 Å². The summed E-state index contributed by atoms with van der Waals surface area (Å²) in [6.45, 7) is 6.21. The highest BCUT2D eigenvalue weighted by Crippen LogP contribution is 2.16. The van der Waals surface area contributed by atoms with Crippen molar-refractivity contribution in [3.63, 3.8) is 0 Å². The summed E-state index contributed by atoms with van der Waals surface area (Å²) in [6.07, 6.45) is 3.70. The largest absolute Gasteiger partial charge is 0.491 e. The molecule has 1 unspecified atom stereocenters. The van der Waals surface area contributed by atoms with Gasteiger partial charge in [-0.25, -0.2) is 0 Å². The summed E-state index contributed by atoms with van der Waals surface area (Å²) >= 11 is 0. The highest BCUT2D eigenvalue weighted by molar-refractivity contribution is 5.92. The molecule has 6 nitrogen and oxygen atoms in total. The Bertz CT molecular complexity index is 612. The second kappa shape index (κ2) is 11.3. The molecule has 0 aliphatic heterocycles. The van der Waals surface area contributed by atoms with Gasteiger partial charge in [-0.3, -0.25) is 9.59 Å². The number of aliphatic hydroxyl groups excluding tert-OH is 1. The molecule has 26 heavy (non-hydrogen) atoms. The average molecular weight is 363 g/mol. The molecular formula is C20H29NO5. The molecule has 0 saturated carbocycles. The minimum Gasteiger partial charge on any atom is -0.491 e. The Balaban J connectivity index is 2.81. The van der Waals surface area contributed by atoms with E-state index in [1.54, 1.807) is 17.9 Å². The van der Waals surface area contributed by atoms with Gasteiger partial charge in [0.15, 0.2) is 0 Å². The Morgan fingerprint density at radius 3 is 2.62 bits per heavy atom. The number of nitrogens with zero attached hydrogens (tertiary/aromatic N) is 1. The van der Waals surface area contributed by atoms with E-state index in [1.165, 1.54) is 13.2 Å². The van der Waals surface area contributed by atoms with Crippen molar-refractivity contribution in [3.8, 4) is 5.75 Å². The van der Waals surface area contributed by atoms with Crippen LogP contribution in [0.25, 0.3) is 6.08 Å². The van der Waals surface area contributed by atoms with Gasteiger partial charge in [0.1, 0.15) is 5.75 Å². The molecule has 0 fully saturated rings. The van der Waals surface area contributed by atoms with Crippen molar-refractivity contribution in [2.45, 2.75) is 33.3 Å². The summed E-state index contributed by atoms with van der Waals surface area (Å²) in [6, 6.07) is 7.47. The summed E-state index contributed by atoms with van der Waals surface area (Å²) in [5.74, 6) is -0.274. The lowest BCUT2D eigenvalue weighted by molar-refractivity contribution is -0.146. The van der Waals surface area contributed by atoms with Crippen LogP contribution in [0.4, 0.5) is 0 Å². The minimum atomic E-state index is -0.432. The Kier molecular flexibility index (Phi) is 9.44. The van der Waals surface area contributed by atoms with Gasteiger partial charge in [-0.1, -0.05) is 19.1 Å². The number of carbonyl (C=O) groups excluding carboxylic acids is 2. The van der Waals surface area contributed by atoms with Crippen LogP contribution in [-0.2, 0) is 14.3 Å². The van der Waals surface area contributed by atoms with E-state index in [1.807, 2.05) is 38.1 Å². The first-order chi connectivity index (χ1) is 12.4. The number of aliphatic hydroxyl groups is 1. The second-order valence-corrected chi connectivity index (χ2v) is 6.36. The van der Waals surface area contributed by atoms with Gasteiger partial charge in [-0.05, 0) is 44.0 Å². The molecule has 0 bridgehead atoms. The van der Waals surface area contributed by atoms with E-state index in [4.69, 9.17) is 14.6 Å². The third-order valence-corrected chi connectivity index (χ3v) is 3.64. The summed E-state index contributed by atoms with van der Waals surface area (Å²) in [4.78, 5) is 25.7. The SMILES string of the molecule is COC(=O)C(C)CN(CCCO)C(=O)/C=C/c1cccc(OC(C)C)c1. The fraction of sp³-hybridized carbons (Fsp3) is 0.500. The van der Waals surface area contributed by atoms with Crippen LogP contribution < -0.4 is 4.74 Å². The Hall–Kier alpha value is -2.34. The first kappa shape index (κ1) is 21.7. The zero-order valence-corrected chi connectivity index (χ0v) is 16.0. The maximum atomic E-state index is 12.5. The smallest absolute Gasteiger partial charge is 0.310 e. The monoisotopic (exact) mass is 363 g/mol. The molecule has 1 rings (SSSR count). The van der Waals surface area contributed by atoms with Gasteiger partial charge < -0.3 is 19.5 Å². The van der Waals surface area contributed by atoms with Gasteiger partial charge in [0.05, 0.1) is 19.1 Å². The van der Waals surface area contributed by atoms with Crippen molar-refractivity contribution >= 4 is 18.0 Å². The number of esters is 1. The molecule has 0 aliphatic rings. The predicted octanol–water partition coefficient (Wildman–Crippen LogP) is 2.51. The number of rotatable bonds is 10. The Morgan fingerprint density at radius 2 is 2.00 bits per heavy atom. The first-order valence-electron chi connectivity index (χ1n) is 8.79. The molecule has 0 aliphatic carbocycles. The highest BCUT2D eigenvalue weighted by atomic mass is 16.5. The zero-order chi connectivity index (χ0) is 19.5. The van der Waals surface area contributed by atoms with Gasteiger partial charge >= 0.3 is 5.97 Å². The van der Waals surface area contributed by atoms with E-state index in [0.717, 1.165) is 11.3 Å². The van der Waals surface area contributed by atoms with E-state index < -0.39 is 5.92 Å².